The maximum atomic E-state index is 12.1. The standard InChI is InChI=1S/C17H11ClN2O2S/c18-13-3-1-2-11(8-13)9-15-17(22)20-16(23-15)10-14(21)12-4-6-19-7-5-12/h1-10H,(H,20,22). The summed E-state index contributed by atoms with van der Waals surface area (Å²) in [6.07, 6.45) is 6.26. The lowest BCUT2D eigenvalue weighted by Crippen LogP contribution is -2.20. The minimum atomic E-state index is -0.233. The second-order valence-electron chi connectivity index (χ2n) is 4.73. The summed E-state index contributed by atoms with van der Waals surface area (Å²) in [6.45, 7) is 0. The molecule has 0 atom stereocenters. The zero-order chi connectivity index (χ0) is 16.2. The predicted molar refractivity (Wildman–Crippen MR) is 92.2 cm³/mol. The first-order valence-electron chi connectivity index (χ1n) is 6.74. The Morgan fingerprint density at radius 1 is 1.22 bits per heavy atom. The van der Waals surface area contributed by atoms with E-state index in [0.29, 0.717) is 19.8 Å². The van der Waals surface area contributed by atoms with Crippen LogP contribution in [0, 0.1) is 0 Å². The van der Waals surface area contributed by atoms with Gasteiger partial charge in [0.15, 0.2) is 5.78 Å². The third-order valence-electron chi connectivity index (χ3n) is 3.05. The van der Waals surface area contributed by atoms with Gasteiger partial charge in [0.1, 0.15) is 0 Å². The Kier molecular flexibility index (Phi) is 4.50. The number of pyridine rings is 1. The van der Waals surface area contributed by atoms with Crippen molar-refractivity contribution < 1.29 is 4.79 Å². The molecule has 23 heavy (non-hydrogen) atoms. The largest absolute Gasteiger partial charge is 0.313 e. The number of aromatic amines is 1. The van der Waals surface area contributed by atoms with Gasteiger partial charge < -0.3 is 4.98 Å². The summed E-state index contributed by atoms with van der Waals surface area (Å²) >= 11 is 7.16. The molecule has 1 N–H and O–H groups in total. The molecule has 0 saturated heterocycles. The van der Waals surface area contributed by atoms with E-state index in [2.05, 4.69) is 9.97 Å². The lowest BCUT2D eigenvalue weighted by molar-refractivity contribution is 0.106. The fraction of sp³-hybridized carbons (Fsp3) is 0. The Hall–Kier alpha value is -2.50. The fourth-order valence-corrected chi connectivity index (χ4v) is 3.07. The Labute approximate surface area is 140 Å². The number of ketones is 1. The van der Waals surface area contributed by atoms with Crippen LogP contribution in [0.25, 0.3) is 12.2 Å². The molecule has 0 fully saturated rings. The molecule has 0 bridgehead atoms. The molecule has 4 nitrogen and oxygen atoms in total. The molecule has 3 aromatic rings. The van der Waals surface area contributed by atoms with Crippen LogP contribution in [0.15, 0.2) is 53.6 Å². The summed E-state index contributed by atoms with van der Waals surface area (Å²) in [4.78, 5) is 30.7. The van der Waals surface area contributed by atoms with E-state index in [1.165, 1.54) is 17.4 Å². The monoisotopic (exact) mass is 342 g/mol. The first-order chi connectivity index (χ1) is 11.1. The highest BCUT2D eigenvalue weighted by molar-refractivity contribution is 7.07. The molecule has 0 amide bonds. The van der Waals surface area contributed by atoms with Crippen molar-refractivity contribution in [2.75, 3.05) is 0 Å². The number of rotatable bonds is 3. The summed E-state index contributed by atoms with van der Waals surface area (Å²) in [5.74, 6) is -0.181. The third kappa shape index (κ3) is 3.83. The van der Waals surface area contributed by atoms with Crippen LogP contribution in [-0.4, -0.2) is 15.8 Å². The van der Waals surface area contributed by atoms with Gasteiger partial charge in [0, 0.05) is 29.1 Å². The van der Waals surface area contributed by atoms with Crippen molar-refractivity contribution in [2.45, 2.75) is 0 Å². The Bertz CT molecular complexity index is 1020. The van der Waals surface area contributed by atoms with Gasteiger partial charge >= 0.3 is 0 Å². The van der Waals surface area contributed by atoms with E-state index in [-0.39, 0.29) is 11.3 Å². The predicted octanol–water partition coefficient (Wildman–Crippen LogP) is 1.98. The van der Waals surface area contributed by atoms with Gasteiger partial charge in [-0.25, -0.2) is 0 Å². The first kappa shape index (κ1) is 15.4. The topological polar surface area (TPSA) is 62.8 Å². The van der Waals surface area contributed by atoms with Crippen molar-refractivity contribution in [1.82, 2.24) is 9.97 Å². The number of carbonyl (C=O) groups excluding carboxylic acids is 1. The van der Waals surface area contributed by atoms with E-state index in [4.69, 9.17) is 11.6 Å². The summed E-state index contributed by atoms with van der Waals surface area (Å²) in [7, 11) is 0. The van der Waals surface area contributed by atoms with Crippen LogP contribution in [0.2, 0.25) is 5.02 Å². The molecule has 114 valence electrons. The minimum absolute atomic E-state index is 0.181. The molecule has 3 rings (SSSR count). The van der Waals surface area contributed by atoms with Crippen LogP contribution >= 0.6 is 22.9 Å². The van der Waals surface area contributed by atoms with Gasteiger partial charge in [0.25, 0.3) is 5.56 Å². The molecule has 0 aliphatic carbocycles. The van der Waals surface area contributed by atoms with Gasteiger partial charge in [-0.3, -0.25) is 14.6 Å². The maximum absolute atomic E-state index is 12.1. The summed E-state index contributed by atoms with van der Waals surface area (Å²) in [5, 5.41) is 0.603. The molecule has 0 saturated carbocycles. The number of hydrogen-bond donors (Lipinski definition) is 1. The van der Waals surface area contributed by atoms with E-state index in [1.54, 1.807) is 42.7 Å². The number of hydrogen-bond acceptors (Lipinski definition) is 4. The molecule has 0 unspecified atom stereocenters. The number of H-pyrrole nitrogens is 1. The van der Waals surface area contributed by atoms with E-state index >= 15 is 0 Å². The lowest BCUT2D eigenvalue weighted by atomic mass is 10.2. The molecule has 0 aliphatic rings. The second kappa shape index (κ2) is 6.73. The minimum Gasteiger partial charge on any atom is -0.313 e. The zero-order valence-electron chi connectivity index (χ0n) is 11.8. The van der Waals surface area contributed by atoms with Crippen molar-refractivity contribution in [3.8, 4) is 0 Å². The molecule has 2 heterocycles. The average molecular weight is 343 g/mol. The summed E-state index contributed by atoms with van der Waals surface area (Å²) in [5.41, 5.74) is 1.12. The first-order valence-corrected chi connectivity index (χ1v) is 7.94. The molecular formula is C17H11ClN2O2S. The average Bonchev–Trinajstić information content (AvgIpc) is 2.87. The number of nitrogens with one attached hydrogen (secondary N) is 1. The number of halogens is 1. The van der Waals surface area contributed by atoms with Crippen LogP contribution in [-0.2, 0) is 0 Å². The van der Waals surface area contributed by atoms with E-state index in [0.717, 1.165) is 5.56 Å². The fourth-order valence-electron chi connectivity index (χ4n) is 1.99. The van der Waals surface area contributed by atoms with Gasteiger partial charge in [0.2, 0.25) is 0 Å². The van der Waals surface area contributed by atoms with Crippen LogP contribution in [0.4, 0.5) is 0 Å². The number of carbonyl (C=O) groups is 1. The Morgan fingerprint density at radius 2 is 2.00 bits per heavy atom. The maximum Gasteiger partial charge on any atom is 0.266 e. The second-order valence-corrected chi connectivity index (χ2v) is 6.25. The highest BCUT2D eigenvalue weighted by Crippen LogP contribution is 2.10. The number of benzene rings is 1. The Morgan fingerprint density at radius 3 is 2.74 bits per heavy atom. The normalized spacial score (nSPS) is 12.6. The SMILES string of the molecule is O=C(C=c1[nH]c(=O)c(=Cc2cccc(Cl)c2)s1)c1ccncc1. The summed E-state index contributed by atoms with van der Waals surface area (Å²) in [6, 6.07) is 10.5. The zero-order valence-corrected chi connectivity index (χ0v) is 13.4. The van der Waals surface area contributed by atoms with E-state index < -0.39 is 0 Å². The van der Waals surface area contributed by atoms with E-state index in [9.17, 15) is 9.59 Å². The Balaban J connectivity index is 2.00. The number of nitrogens with zero attached hydrogens (tertiary/aromatic N) is 1. The van der Waals surface area contributed by atoms with Crippen molar-refractivity contribution >= 4 is 40.9 Å². The molecule has 6 heteroatoms. The third-order valence-corrected chi connectivity index (χ3v) is 4.25. The van der Waals surface area contributed by atoms with Crippen LogP contribution in [0.1, 0.15) is 15.9 Å². The number of Topliss-reactive ketones (excluding diaryl/α,β-unsaturated/α-hetero) is 1. The van der Waals surface area contributed by atoms with Crippen molar-refractivity contribution in [3.05, 3.63) is 84.5 Å². The summed E-state index contributed by atoms with van der Waals surface area (Å²) < 4.78 is 1.02. The molecule has 0 aliphatic heterocycles. The van der Waals surface area contributed by atoms with Gasteiger partial charge in [-0.15, -0.1) is 11.3 Å². The van der Waals surface area contributed by atoms with Gasteiger partial charge in [-0.2, -0.15) is 0 Å². The van der Waals surface area contributed by atoms with E-state index in [1.807, 2.05) is 12.1 Å². The van der Waals surface area contributed by atoms with Gasteiger partial charge in [-0.05, 0) is 35.9 Å². The van der Waals surface area contributed by atoms with Gasteiger partial charge in [0.05, 0.1) is 9.20 Å². The number of thiazole rings is 1. The van der Waals surface area contributed by atoms with Gasteiger partial charge in [-0.1, -0.05) is 23.7 Å². The van der Waals surface area contributed by atoms with Crippen molar-refractivity contribution in [3.63, 3.8) is 0 Å². The lowest BCUT2D eigenvalue weighted by Gasteiger charge is -1.92. The molecule has 0 radical (unpaired) electrons. The molecular weight excluding hydrogens is 332 g/mol. The van der Waals surface area contributed by atoms with Crippen LogP contribution < -0.4 is 14.8 Å². The molecule has 2 aromatic heterocycles. The van der Waals surface area contributed by atoms with Crippen LogP contribution in [0.5, 0.6) is 0 Å². The number of aromatic nitrogens is 2. The van der Waals surface area contributed by atoms with Crippen molar-refractivity contribution in [2.24, 2.45) is 0 Å². The van der Waals surface area contributed by atoms with Crippen molar-refractivity contribution in [1.29, 1.82) is 0 Å². The molecule has 0 spiro atoms. The van der Waals surface area contributed by atoms with Crippen LogP contribution in [0.3, 0.4) is 0 Å². The highest BCUT2D eigenvalue weighted by atomic mass is 35.5. The molecule has 1 aromatic carbocycles. The highest BCUT2D eigenvalue weighted by Gasteiger charge is 2.02. The smallest absolute Gasteiger partial charge is 0.266 e. The quantitative estimate of drug-likeness (QED) is 0.740.